The lowest BCUT2D eigenvalue weighted by atomic mass is 9.85. The molecule has 3 aromatic heterocycles. The molecule has 9 nitrogen and oxygen atoms in total. The van der Waals surface area contributed by atoms with Crippen molar-refractivity contribution in [1.29, 1.82) is 0 Å². The smallest absolute Gasteiger partial charge is 0.318 e. The van der Waals surface area contributed by atoms with E-state index < -0.39 is 0 Å². The van der Waals surface area contributed by atoms with E-state index in [1.165, 1.54) is 11.1 Å². The molecule has 2 amide bonds. The standard InChI is InChI=1S/C31H39N7O2.CH4/c1-18(2)38-19(3)25(15-33-38)28-35-27-24(12-13-32-29(27)36-28)21-10-11-23-20(14-21)8-7-9-26(23)34-30(39)37-16-22(17-37)40-31(4,5)6;/h10-15,18,22,26H,7-9,16-17H2,1-6H3,(H,34,39)(H,32,35,36);1H4/t26-;/m0./s1. The molecule has 0 spiro atoms. The summed E-state index contributed by atoms with van der Waals surface area (Å²) in [6.07, 6.45) is 6.78. The summed E-state index contributed by atoms with van der Waals surface area (Å²) < 4.78 is 8.00. The van der Waals surface area contributed by atoms with E-state index in [-0.39, 0.29) is 37.2 Å². The number of urea groups is 1. The van der Waals surface area contributed by atoms with Gasteiger partial charge in [-0.1, -0.05) is 25.6 Å². The minimum Gasteiger partial charge on any atom is -0.369 e. The number of imidazole rings is 1. The summed E-state index contributed by atoms with van der Waals surface area (Å²) in [6.45, 7) is 13.8. The number of hydrogen-bond acceptors (Lipinski definition) is 5. The SMILES string of the molecule is C.Cc1c(-c2nc3nccc(-c4ccc5c(c4)CCC[C@@H]5NC(=O)N4CC(OC(C)(C)C)C4)c3[nH]2)cnn1C(C)C. The van der Waals surface area contributed by atoms with E-state index in [4.69, 9.17) is 9.72 Å². The van der Waals surface area contributed by atoms with E-state index in [1.807, 2.05) is 48.8 Å². The summed E-state index contributed by atoms with van der Waals surface area (Å²) in [5.74, 6) is 0.779. The van der Waals surface area contributed by atoms with Gasteiger partial charge in [-0.15, -0.1) is 0 Å². The number of ether oxygens (including phenoxy) is 1. The molecule has 6 rings (SSSR count). The zero-order valence-corrected chi connectivity index (χ0v) is 24.3. The van der Waals surface area contributed by atoms with Crippen molar-refractivity contribution in [2.45, 2.75) is 92.0 Å². The van der Waals surface area contributed by atoms with Crippen LogP contribution >= 0.6 is 0 Å². The number of aromatic nitrogens is 5. The molecule has 1 aromatic carbocycles. The molecule has 41 heavy (non-hydrogen) atoms. The lowest BCUT2D eigenvalue weighted by molar-refractivity contribution is -0.111. The van der Waals surface area contributed by atoms with Crippen molar-refractivity contribution >= 4 is 17.2 Å². The van der Waals surface area contributed by atoms with Crippen LogP contribution in [0.25, 0.3) is 33.7 Å². The summed E-state index contributed by atoms with van der Waals surface area (Å²) in [4.78, 5) is 27.7. The molecule has 1 saturated heterocycles. The van der Waals surface area contributed by atoms with Crippen LogP contribution in [0.2, 0.25) is 0 Å². The van der Waals surface area contributed by atoms with Gasteiger partial charge in [-0.3, -0.25) is 4.68 Å². The lowest BCUT2D eigenvalue weighted by Crippen LogP contribution is -2.59. The Kier molecular flexibility index (Phi) is 7.68. The third-order valence-electron chi connectivity index (χ3n) is 7.90. The molecule has 1 aliphatic heterocycles. The fourth-order valence-electron chi connectivity index (χ4n) is 6.01. The Morgan fingerprint density at radius 3 is 2.66 bits per heavy atom. The van der Waals surface area contributed by atoms with E-state index >= 15 is 0 Å². The van der Waals surface area contributed by atoms with E-state index in [9.17, 15) is 4.79 Å². The maximum absolute atomic E-state index is 13.0. The predicted molar refractivity (Wildman–Crippen MR) is 163 cm³/mol. The number of likely N-dealkylation sites (tertiary alicyclic amines) is 1. The summed E-state index contributed by atoms with van der Waals surface area (Å²) >= 11 is 0. The van der Waals surface area contributed by atoms with Crippen LogP contribution in [0.15, 0.2) is 36.7 Å². The van der Waals surface area contributed by atoms with Gasteiger partial charge >= 0.3 is 6.03 Å². The number of hydrogen-bond donors (Lipinski definition) is 2. The molecule has 0 radical (unpaired) electrons. The second kappa shape index (κ2) is 10.9. The largest absolute Gasteiger partial charge is 0.369 e. The van der Waals surface area contributed by atoms with Gasteiger partial charge in [-0.2, -0.15) is 5.10 Å². The molecule has 2 N–H and O–H groups in total. The average molecular weight is 558 g/mol. The van der Waals surface area contributed by atoms with Crippen LogP contribution in [0.4, 0.5) is 4.79 Å². The number of aromatic amines is 1. The van der Waals surface area contributed by atoms with Crippen LogP contribution in [-0.4, -0.2) is 60.5 Å². The lowest BCUT2D eigenvalue weighted by Gasteiger charge is -2.42. The molecule has 0 unspecified atom stereocenters. The monoisotopic (exact) mass is 557 g/mol. The van der Waals surface area contributed by atoms with E-state index in [2.05, 4.69) is 59.4 Å². The van der Waals surface area contributed by atoms with Gasteiger partial charge in [0.05, 0.1) is 48.1 Å². The van der Waals surface area contributed by atoms with Crippen molar-refractivity contribution in [3.05, 3.63) is 53.5 Å². The molecular formula is C32H43N7O2. The summed E-state index contributed by atoms with van der Waals surface area (Å²) in [6, 6.07) is 8.92. The first-order chi connectivity index (χ1) is 19.1. The van der Waals surface area contributed by atoms with Gasteiger partial charge in [-0.25, -0.2) is 14.8 Å². The van der Waals surface area contributed by atoms with E-state index in [1.54, 1.807) is 0 Å². The van der Waals surface area contributed by atoms with Gasteiger partial charge in [0.15, 0.2) is 5.65 Å². The normalized spacial score (nSPS) is 17.3. The zero-order chi connectivity index (χ0) is 28.2. The van der Waals surface area contributed by atoms with Gasteiger partial charge in [-0.05, 0) is 83.6 Å². The Hall–Kier alpha value is -3.72. The van der Waals surface area contributed by atoms with Crippen LogP contribution in [0.1, 0.15) is 83.8 Å². The Bertz CT molecular complexity index is 1560. The van der Waals surface area contributed by atoms with Crippen LogP contribution in [0.3, 0.4) is 0 Å². The Labute approximate surface area is 242 Å². The first-order valence-corrected chi connectivity index (χ1v) is 14.3. The maximum atomic E-state index is 13.0. The number of nitrogens with one attached hydrogen (secondary N) is 2. The number of fused-ring (bicyclic) bond motifs is 2. The van der Waals surface area contributed by atoms with Crippen molar-refractivity contribution in [2.24, 2.45) is 0 Å². The number of rotatable bonds is 5. The second-order valence-corrected chi connectivity index (χ2v) is 12.4. The van der Waals surface area contributed by atoms with Crippen molar-refractivity contribution in [3.8, 4) is 22.5 Å². The average Bonchev–Trinajstić information content (AvgIpc) is 3.48. The molecule has 1 fully saturated rings. The number of carbonyl (C=O) groups is 1. The highest BCUT2D eigenvalue weighted by Crippen LogP contribution is 2.36. The van der Waals surface area contributed by atoms with Gasteiger partial charge in [0.2, 0.25) is 0 Å². The Balaban J connectivity index is 0.00000337. The molecule has 4 aromatic rings. The summed E-state index contributed by atoms with van der Waals surface area (Å²) in [5, 5.41) is 7.84. The number of carbonyl (C=O) groups excluding carboxylic acids is 1. The molecular weight excluding hydrogens is 514 g/mol. The fourth-order valence-corrected chi connectivity index (χ4v) is 6.01. The van der Waals surface area contributed by atoms with Crippen LogP contribution in [0, 0.1) is 6.92 Å². The summed E-state index contributed by atoms with van der Waals surface area (Å²) in [5.41, 5.74) is 8.15. The first-order valence-electron chi connectivity index (χ1n) is 14.3. The molecule has 0 saturated carbocycles. The van der Waals surface area contributed by atoms with Gasteiger partial charge < -0.3 is 19.9 Å². The molecule has 4 heterocycles. The predicted octanol–water partition coefficient (Wildman–Crippen LogP) is 6.60. The van der Waals surface area contributed by atoms with Gasteiger partial charge in [0.1, 0.15) is 5.82 Å². The molecule has 9 heteroatoms. The highest BCUT2D eigenvalue weighted by Gasteiger charge is 2.35. The topological polar surface area (TPSA) is 101 Å². The van der Waals surface area contributed by atoms with Gasteiger partial charge in [0.25, 0.3) is 0 Å². The Morgan fingerprint density at radius 1 is 1.17 bits per heavy atom. The quantitative estimate of drug-likeness (QED) is 0.288. The number of H-pyrrole nitrogens is 1. The Morgan fingerprint density at radius 2 is 1.95 bits per heavy atom. The van der Waals surface area contributed by atoms with Crippen LogP contribution in [0.5, 0.6) is 0 Å². The van der Waals surface area contributed by atoms with Crippen molar-refractivity contribution in [3.63, 3.8) is 0 Å². The van der Waals surface area contributed by atoms with E-state index in [0.29, 0.717) is 18.7 Å². The number of aryl methyl sites for hydroxylation is 1. The first kappa shape index (κ1) is 28.8. The molecule has 0 bridgehead atoms. The van der Waals surface area contributed by atoms with Crippen LogP contribution < -0.4 is 5.32 Å². The zero-order valence-electron chi connectivity index (χ0n) is 24.3. The molecule has 1 aliphatic carbocycles. The molecule has 218 valence electrons. The highest BCUT2D eigenvalue weighted by molar-refractivity contribution is 5.91. The minimum atomic E-state index is -0.193. The maximum Gasteiger partial charge on any atom is 0.318 e. The molecule has 1 atom stereocenters. The number of amides is 2. The highest BCUT2D eigenvalue weighted by atomic mass is 16.5. The number of benzene rings is 1. The second-order valence-electron chi connectivity index (χ2n) is 12.4. The number of pyridine rings is 1. The van der Waals surface area contributed by atoms with E-state index in [0.717, 1.165) is 53.0 Å². The molecule has 2 aliphatic rings. The van der Waals surface area contributed by atoms with Crippen molar-refractivity contribution in [1.82, 2.24) is 34.9 Å². The van der Waals surface area contributed by atoms with Crippen molar-refractivity contribution in [2.75, 3.05) is 13.1 Å². The van der Waals surface area contributed by atoms with Gasteiger partial charge in [0, 0.05) is 23.5 Å². The summed E-state index contributed by atoms with van der Waals surface area (Å²) in [7, 11) is 0. The third-order valence-corrected chi connectivity index (χ3v) is 7.90. The van der Waals surface area contributed by atoms with Crippen molar-refractivity contribution < 1.29 is 9.53 Å². The minimum absolute atomic E-state index is 0. The van der Waals surface area contributed by atoms with Crippen LogP contribution in [-0.2, 0) is 11.2 Å². The fraction of sp³-hybridized carbons (Fsp3) is 0.500. The number of nitrogens with zero attached hydrogens (tertiary/aromatic N) is 5. The third kappa shape index (κ3) is 5.60.